The molecule has 1 N–H and O–H groups in total. The maximum atomic E-state index is 11.8. The molecule has 0 atom stereocenters. The summed E-state index contributed by atoms with van der Waals surface area (Å²) < 4.78 is 0. The van der Waals surface area contributed by atoms with E-state index in [0.717, 1.165) is 0 Å². The number of rotatable bonds is 5. The Morgan fingerprint density at radius 3 is 2.53 bits per heavy atom. The van der Waals surface area contributed by atoms with Crippen LogP contribution in [-0.4, -0.2) is 29.8 Å². The van der Waals surface area contributed by atoms with E-state index in [9.17, 15) is 9.59 Å². The van der Waals surface area contributed by atoms with Crippen LogP contribution in [0.5, 0.6) is 0 Å². The molecule has 0 bridgehead atoms. The summed E-state index contributed by atoms with van der Waals surface area (Å²) in [6, 6.07) is 8.50. The van der Waals surface area contributed by atoms with Crippen LogP contribution < -0.4 is 5.32 Å². The van der Waals surface area contributed by atoms with Crippen LogP contribution in [0.15, 0.2) is 36.9 Å². The molecule has 2 amide bonds. The molecule has 1 aromatic rings. The molecule has 0 radical (unpaired) electrons. The molecule has 0 aliphatic carbocycles. The van der Waals surface area contributed by atoms with Gasteiger partial charge in [0.2, 0.25) is 11.8 Å². The minimum absolute atomic E-state index is 0.0264. The largest absolute Gasteiger partial charge is 0.330 e. The van der Waals surface area contributed by atoms with Gasteiger partial charge in [0.25, 0.3) is 0 Å². The molecule has 0 fully saturated rings. The molecule has 0 aliphatic heterocycles. The zero-order valence-electron chi connectivity index (χ0n) is 10.7. The topological polar surface area (TPSA) is 73.2 Å². The lowest BCUT2D eigenvalue weighted by molar-refractivity contribution is -0.132. The monoisotopic (exact) mass is 257 g/mol. The van der Waals surface area contributed by atoms with E-state index in [2.05, 4.69) is 11.9 Å². The summed E-state index contributed by atoms with van der Waals surface area (Å²) in [5, 5.41) is 11.3. The lowest BCUT2D eigenvalue weighted by Gasteiger charge is -2.18. The lowest BCUT2D eigenvalue weighted by atomic mass is 10.2. The van der Waals surface area contributed by atoms with Gasteiger partial charge in [0.05, 0.1) is 11.6 Å². The number of carbonyl (C=O) groups is 2. The van der Waals surface area contributed by atoms with Gasteiger partial charge in [-0.1, -0.05) is 6.08 Å². The van der Waals surface area contributed by atoms with Crippen molar-refractivity contribution in [2.75, 3.05) is 18.4 Å². The third-order valence-corrected chi connectivity index (χ3v) is 2.43. The molecule has 0 aromatic heterocycles. The molecule has 0 unspecified atom stereocenters. The van der Waals surface area contributed by atoms with Gasteiger partial charge >= 0.3 is 0 Å². The third-order valence-electron chi connectivity index (χ3n) is 2.43. The second kappa shape index (κ2) is 6.97. The molecular formula is C14H15N3O2. The SMILES string of the molecule is C=CCN(CC(=O)Nc1ccc(C#N)cc1)C(C)=O. The van der Waals surface area contributed by atoms with Crippen molar-refractivity contribution in [2.24, 2.45) is 0 Å². The zero-order valence-corrected chi connectivity index (χ0v) is 10.7. The number of amides is 2. The average Bonchev–Trinajstić information content (AvgIpc) is 2.39. The number of hydrogen-bond acceptors (Lipinski definition) is 3. The third kappa shape index (κ3) is 4.64. The molecule has 19 heavy (non-hydrogen) atoms. The minimum Gasteiger partial charge on any atom is -0.330 e. The van der Waals surface area contributed by atoms with E-state index in [1.54, 1.807) is 30.3 Å². The standard InChI is InChI=1S/C14H15N3O2/c1-3-8-17(11(2)18)10-14(19)16-13-6-4-12(9-15)5-7-13/h3-7H,1,8,10H2,2H3,(H,16,19). The Morgan fingerprint density at radius 2 is 2.05 bits per heavy atom. The van der Waals surface area contributed by atoms with Crippen LogP contribution in [0.4, 0.5) is 5.69 Å². The molecule has 0 aliphatic rings. The molecule has 0 spiro atoms. The van der Waals surface area contributed by atoms with E-state index in [-0.39, 0.29) is 18.4 Å². The molecule has 1 aromatic carbocycles. The van der Waals surface area contributed by atoms with Crippen molar-refractivity contribution in [3.8, 4) is 6.07 Å². The van der Waals surface area contributed by atoms with E-state index in [1.807, 2.05) is 6.07 Å². The van der Waals surface area contributed by atoms with Crippen LogP contribution >= 0.6 is 0 Å². The van der Waals surface area contributed by atoms with Crippen molar-refractivity contribution in [3.05, 3.63) is 42.5 Å². The van der Waals surface area contributed by atoms with Crippen molar-refractivity contribution in [3.63, 3.8) is 0 Å². The Labute approximate surface area is 112 Å². The maximum absolute atomic E-state index is 11.8. The highest BCUT2D eigenvalue weighted by molar-refractivity contribution is 5.94. The smallest absolute Gasteiger partial charge is 0.244 e. The second-order valence-electron chi connectivity index (χ2n) is 3.93. The highest BCUT2D eigenvalue weighted by Gasteiger charge is 2.12. The Balaban J connectivity index is 2.61. The van der Waals surface area contributed by atoms with E-state index in [4.69, 9.17) is 5.26 Å². The van der Waals surface area contributed by atoms with E-state index in [1.165, 1.54) is 11.8 Å². The molecule has 0 saturated heterocycles. The fourth-order valence-corrected chi connectivity index (χ4v) is 1.46. The second-order valence-corrected chi connectivity index (χ2v) is 3.93. The maximum Gasteiger partial charge on any atom is 0.244 e. The van der Waals surface area contributed by atoms with Gasteiger partial charge in [-0.2, -0.15) is 5.26 Å². The minimum atomic E-state index is -0.290. The predicted molar refractivity (Wildman–Crippen MR) is 72.2 cm³/mol. The van der Waals surface area contributed by atoms with Crippen LogP contribution in [0, 0.1) is 11.3 Å². The fraction of sp³-hybridized carbons (Fsp3) is 0.214. The predicted octanol–water partition coefficient (Wildman–Crippen LogP) is 1.53. The molecule has 5 heteroatoms. The first kappa shape index (κ1) is 14.5. The highest BCUT2D eigenvalue weighted by atomic mass is 16.2. The van der Waals surface area contributed by atoms with Crippen LogP contribution in [0.1, 0.15) is 12.5 Å². The molecule has 5 nitrogen and oxygen atoms in total. The number of carbonyl (C=O) groups excluding carboxylic acids is 2. The zero-order chi connectivity index (χ0) is 14.3. The summed E-state index contributed by atoms with van der Waals surface area (Å²) >= 11 is 0. The van der Waals surface area contributed by atoms with Gasteiger partial charge in [-0.05, 0) is 24.3 Å². The Bertz CT molecular complexity index is 514. The Kier molecular flexibility index (Phi) is 5.30. The first-order valence-electron chi connectivity index (χ1n) is 5.73. The van der Waals surface area contributed by atoms with Gasteiger partial charge in [-0.25, -0.2) is 0 Å². The van der Waals surface area contributed by atoms with Crippen molar-refractivity contribution in [2.45, 2.75) is 6.92 Å². The number of hydrogen-bond donors (Lipinski definition) is 1. The summed E-state index contributed by atoms with van der Waals surface area (Å²) in [5.41, 5.74) is 1.11. The van der Waals surface area contributed by atoms with Crippen LogP contribution in [0.3, 0.4) is 0 Å². The summed E-state index contributed by atoms with van der Waals surface area (Å²) in [6.45, 7) is 5.24. The molecule has 98 valence electrons. The van der Waals surface area contributed by atoms with Crippen LogP contribution in [-0.2, 0) is 9.59 Å². The quantitative estimate of drug-likeness (QED) is 0.813. The average molecular weight is 257 g/mol. The van der Waals surface area contributed by atoms with Crippen molar-refractivity contribution in [1.82, 2.24) is 4.90 Å². The van der Waals surface area contributed by atoms with E-state index < -0.39 is 0 Å². The van der Waals surface area contributed by atoms with Crippen molar-refractivity contribution >= 4 is 17.5 Å². The lowest BCUT2D eigenvalue weighted by Crippen LogP contribution is -2.36. The van der Waals surface area contributed by atoms with E-state index in [0.29, 0.717) is 17.8 Å². The van der Waals surface area contributed by atoms with Gasteiger partial charge in [0.1, 0.15) is 6.54 Å². The van der Waals surface area contributed by atoms with Gasteiger partial charge in [0, 0.05) is 19.2 Å². The number of nitrogens with zero attached hydrogens (tertiary/aromatic N) is 2. The highest BCUT2D eigenvalue weighted by Crippen LogP contribution is 2.08. The van der Waals surface area contributed by atoms with Gasteiger partial charge in [-0.15, -0.1) is 6.58 Å². The fourth-order valence-electron chi connectivity index (χ4n) is 1.46. The number of benzene rings is 1. The first-order chi connectivity index (χ1) is 9.06. The normalized spacial score (nSPS) is 9.26. The summed E-state index contributed by atoms with van der Waals surface area (Å²) in [6.07, 6.45) is 1.57. The number of nitrogens with one attached hydrogen (secondary N) is 1. The molecular weight excluding hydrogens is 242 g/mol. The van der Waals surface area contributed by atoms with Crippen molar-refractivity contribution < 1.29 is 9.59 Å². The summed E-state index contributed by atoms with van der Waals surface area (Å²) in [5.74, 6) is -0.475. The van der Waals surface area contributed by atoms with Gasteiger partial charge in [-0.3, -0.25) is 9.59 Å². The van der Waals surface area contributed by atoms with Crippen molar-refractivity contribution in [1.29, 1.82) is 5.26 Å². The molecule has 0 saturated carbocycles. The molecule has 1 rings (SSSR count). The van der Waals surface area contributed by atoms with Crippen LogP contribution in [0.2, 0.25) is 0 Å². The van der Waals surface area contributed by atoms with Crippen LogP contribution in [0.25, 0.3) is 0 Å². The number of nitriles is 1. The number of anilines is 1. The summed E-state index contributed by atoms with van der Waals surface area (Å²) in [7, 11) is 0. The Hall–Kier alpha value is -2.61. The summed E-state index contributed by atoms with van der Waals surface area (Å²) in [4.78, 5) is 24.4. The van der Waals surface area contributed by atoms with Gasteiger partial charge in [0.15, 0.2) is 0 Å². The Morgan fingerprint density at radius 1 is 1.42 bits per heavy atom. The molecule has 0 heterocycles. The first-order valence-corrected chi connectivity index (χ1v) is 5.73. The van der Waals surface area contributed by atoms with Gasteiger partial charge < -0.3 is 10.2 Å². The van der Waals surface area contributed by atoms with E-state index >= 15 is 0 Å².